The molecule has 0 saturated heterocycles. The normalized spacial score (nSPS) is 10.7. The Morgan fingerprint density at radius 3 is 2.78 bits per heavy atom. The van der Waals surface area contributed by atoms with Crippen LogP contribution in [-0.4, -0.2) is 38.9 Å². The molecule has 2 aromatic carbocycles. The summed E-state index contributed by atoms with van der Waals surface area (Å²) in [5.41, 5.74) is 1.86. The van der Waals surface area contributed by atoms with Gasteiger partial charge in [0.1, 0.15) is 5.75 Å². The van der Waals surface area contributed by atoms with E-state index in [1.807, 2.05) is 0 Å². The lowest BCUT2D eigenvalue weighted by molar-refractivity contribution is -0.384. The molecule has 0 unspecified atom stereocenters. The Bertz CT molecular complexity index is 1260. The first-order chi connectivity index (χ1) is 15.5. The van der Waals surface area contributed by atoms with Crippen molar-refractivity contribution < 1.29 is 18.9 Å². The third kappa shape index (κ3) is 5.10. The van der Waals surface area contributed by atoms with Crippen LogP contribution in [0.4, 0.5) is 10.8 Å². The largest absolute Gasteiger partial charge is 0.497 e. The number of non-ortho nitro benzene ring substituents is 1. The highest BCUT2D eigenvalue weighted by atomic mass is 32.2. The van der Waals surface area contributed by atoms with Crippen molar-refractivity contribution >= 4 is 39.8 Å². The molecule has 0 aliphatic rings. The molecule has 0 aliphatic carbocycles. The molecule has 162 valence electrons. The molecular formula is C20H15N5O5S2. The van der Waals surface area contributed by atoms with Gasteiger partial charge < -0.3 is 14.5 Å². The number of nitro benzene ring substituents is 1. The fourth-order valence-electron chi connectivity index (χ4n) is 2.64. The minimum Gasteiger partial charge on any atom is -0.497 e. The minimum absolute atomic E-state index is 0.0222. The molecule has 0 spiro atoms. The molecule has 0 radical (unpaired) electrons. The summed E-state index contributed by atoms with van der Waals surface area (Å²) in [5, 5.41) is 24.0. The summed E-state index contributed by atoms with van der Waals surface area (Å²) in [6.45, 7) is 0. The fraction of sp³-hybridized carbons (Fsp3) is 0.100. The van der Waals surface area contributed by atoms with E-state index in [9.17, 15) is 14.9 Å². The van der Waals surface area contributed by atoms with Crippen LogP contribution in [0.15, 0.2) is 63.6 Å². The smallest absolute Gasteiger partial charge is 0.277 e. The molecule has 0 bridgehead atoms. The van der Waals surface area contributed by atoms with E-state index in [0.717, 1.165) is 23.1 Å². The van der Waals surface area contributed by atoms with Gasteiger partial charge in [-0.1, -0.05) is 23.9 Å². The molecule has 0 fully saturated rings. The van der Waals surface area contributed by atoms with Crippen LogP contribution < -0.4 is 10.1 Å². The van der Waals surface area contributed by atoms with Crippen molar-refractivity contribution in [2.24, 2.45) is 0 Å². The lowest BCUT2D eigenvalue weighted by Crippen LogP contribution is -2.13. The number of aromatic nitrogens is 3. The van der Waals surface area contributed by atoms with Crippen LogP contribution in [0.1, 0.15) is 0 Å². The molecule has 2 heterocycles. The third-order valence-corrected chi connectivity index (χ3v) is 5.75. The first kappa shape index (κ1) is 21.5. The number of ether oxygens (including phenoxy) is 1. The maximum absolute atomic E-state index is 12.3. The van der Waals surface area contributed by atoms with Gasteiger partial charge in [-0.3, -0.25) is 14.9 Å². The number of nitro groups is 1. The Kier molecular flexibility index (Phi) is 6.42. The molecule has 4 aromatic rings. The Morgan fingerprint density at radius 2 is 2.03 bits per heavy atom. The number of hydrogen-bond acceptors (Lipinski definition) is 10. The van der Waals surface area contributed by atoms with Gasteiger partial charge in [-0.25, -0.2) is 4.98 Å². The fourth-order valence-corrected chi connectivity index (χ4v) is 3.94. The maximum atomic E-state index is 12.3. The summed E-state index contributed by atoms with van der Waals surface area (Å²) in [7, 11) is 1.59. The summed E-state index contributed by atoms with van der Waals surface area (Å²) in [6.07, 6.45) is 0. The van der Waals surface area contributed by atoms with Crippen molar-refractivity contribution in [3.05, 3.63) is 64.0 Å². The van der Waals surface area contributed by atoms with E-state index in [0.29, 0.717) is 22.3 Å². The average Bonchev–Trinajstić information content (AvgIpc) is 3.48. The van der Waals surface area contributed by atoms with Crippen molar-refractivity contribution in [3.63, 3.8) is 0 Å². The van der Waals surface area contributed by atoms with Crippen molar-refractivity contribution in [1.82, 2.24) is 15.2 Å². The number of amides is 1. The number of rotatable bonds is 8. The summed E-state index contributed by atoms with van der Waals surface area (Å²) in [5.74, 6) is 0.822. The lowest BCUT2D eigenvalue weighted by Gasteiger charge is -2.00. The minimum atomic E-state index is -0.465. The Morgan fingerprint density at radius 1 is 1.22 bits per heavy atom. The molecule has 2 aromatic heterocycles. The van der Waals surface area contributed by atoms with Crippen molar-refractivity contribution in [1.29, 1.82) is 0 Å². The Balaban J connectivity index is 1.33. The van der Waals surface area contributed by atoms with E-state index in [4.69, 9.17) is 9.15 Å². The van der Waals surface area contributed by atoms with Gasteiger partial charge in [0.2, 0.25) is 11.8 Å². The van der Waals surface area contributed by atoms with E-state index in [1.54, 1.807) is 48.9 Å². The SMILES string of the molecule is COc1ccc(-c2nnc(SCC(=O)Nc3nc(-c4cccc([N+](=O)[O-])c4)cs3)o2)cc1. The number of benzene rings is 2. The van der Waals surface area contributed by atoms with Crippen LogP contribution in [0.2, 0.25) is 0 Å². The van der Waals surface area contributed by atoms with Gasteiger partial charge in [-0.05, 0) is 24.3 Å². The molecule has 12 heteroatoms. The number of thioether (sulfide) groups is 1. The van der Waals surface area contributed by atoms with Crippen LogP contribution in [0, 0.1) is 10.1 Å². The van der Waals surface area contributed by atoms with Gasteiger partial charge in [0.05, 0.1) is 23.5 Å². The number of thiazole rings is 1. The second-order valence-corrected chi connectivity index (χ2v) is 8.07. The van der Waals surface area contributed by atoms with Crippen LogP contribution in [0.3, 0.4) is 0 Å². The lowest BCUT2D eigenvalue weighted by atomic mass is 10.1. The van der Waals surface area contributed by atoms with Crippen LogP contribution in [0.5, 0.6) is 5.75 Å². The van der Waals surface area contributed by atoms with E-state index in [2.05, 4.69) is 20.5 Å². The number of nitrogens with one attached hydrogen (secondary N) is 1. The summed E-state index contributed by atoms with van der Waals surface area (Å²) in [6, 6.07) is 13.3. The number of hydrogen-bond donors (Lipinski definition) is 1. The number of nitrogens with zero attached hydrogens (tertiary/aromatic N) is 4. The van der Waals surface area contributed by atoms with E-state index in [1.165, 1.54) is 23.5 Å². The molecule has 1 N–H and O–H groups in total. The zero-order valence-corrected chi connectivity index (χ0v) is 18.2. The maximum Gasteiger partial charge on any atom is 0.277 e. The Labute approximate surface area is 189 Å². The van der Waals surface area contributed by atoms with Gasteiger partial charge in [-0.15, -0.1) is 21.5 Å². The summed E-state index contributed by atoms with van der Waals surface area (Å²) < 4.78 is 10.7. The highest BCUT2D eigenvalue weighted by molar-refractivity contribution is 7.99. The zero-order chi connectivity index (χ0) is 22.5. The second-order valence-electron chi connectivity index (χ2n) is 6.28. The topological polar surface area (TPSA) is 133 Å². The molecule has 0 aliphatic heterocycles. The van der Waals surface area contributed by atoms with Crippen molar-refractivity contribution in [3.8, 4) is 28.5 Å². The quantitative estimate of drug-likeness (QED) is 0.225. The predicted octanol–water partition coefficient (Wildman–Crippen LogP) is 4.51. The van der Waals surface area contributed by atoms with E-state index in [-0.39, 0.29) is 22.6 Å². The van der Waals surface area contributed by atoms with Gasteiger partial charge >= 0.3 is 0 Å². The predicted molar refractivity (Wildman–Crippen MR) is 120 cm³/mol. The second kappa shape index (κ2) is 9.58. The van der Waals surface area contributed by atoms with E-state index < -0.39 is 4.92 Å². The van der Waals surface area contributed by atoms with Gasteiger partial charge in [-0.2, -0.15) is 0 Å². The molecule has 0 saturated carbocycles. The summed E-state index contributed by atoms with van der Waals surface area (Å²) >= 11 is 2.33. The number of anilines is 1. The highest BCUT2D eigenvalue weighted by Crippen LogP contribution is 2.28. The standard InChI is InChI=1S/C20H15N5O5S2/c1-29-15-7-5-12(6-8-15)18-23-24-20(30-18)32-11-17(26)22-19-21-16(10-31-19)13-3-2-4-14(9-13)25(27)28/h2-10H,11H2,1H3,(H,21,22,26). The number of methoxy groups -OCH3 is 1. The number of carbonyl (C=O) groups is 1. The monoisotopic (exact) mass is 469 g/mol. The average molecular weight is 470 g/mol. The highest BCUT2D eigenvalue weighted by Gasteiger charge is 2.14. The molecule has 10 nitrogen and oxygen atoms in total. The molecule has 4 rings (SSSR count). The summed E-state index contributed by atoms with van der Waals surface area (Å²) in [4.78, 5) is 27.1. The van der Waals surface area contributed by atoms with Crippen LogP contribution >= 0.6 is 23.1 Å². The molecule has 32 heavy (non-hydrogen) atoms. The first-order valence-corrected chi connectivity index (χ1v) is 11.0. The van der Waals surface area contributed by atoms with Crippen LogP contribution in [-0.2, 0) is 4.79 Å². The molecular weight excluding hydrogens is 454 g/mol. The zero-order valence-electron chi connectivity index (χ0n) is 16.5. The van der Waals surface area contributed by atoms with Gasteiger partial charge in [0, 0.05) is 28.6 Å². The van der Waals surface area contributed by atoms with Crippen molar-refractivity contribution in [2.45, 2.75) is 5.22 Å². The van der Waals surface area contributed by atoms with Gasteiger partial charge in [0.25, 0.3) is 10.9 Å². The molecule has 0 atom stereocenters. The Hall–Kier alpha value is -3.77. The molecule has 1 amide bonds. The van der Waals surface area contributed by atoms with Crippen molar-refractivity contribution in [2.75, 3.05) is 18.2 Å². The number of carbonyl (C=O) groups excluding carboxylic acids is 1. The third-order valence-electron chi connectivity index (χ3n) is 4.17. The van der Waals surface area contributed by atoms with Gasteiger partial charge in [0.15, 0.2) is 5.13 Å². The van der Waals surface area contributed by atoms with Crippen LogP contribution in [0.25, 0.3) is 22.7 Å². The first-order valence-electron chi connectivity index (χ1n) is 9.13. The van der Waals surface area contributed by atoms with E-state index >= 15 is 0 Å².